The Hall–Kier alpha value is -3.16. The maximum atomic E-state index is 13.5. The van der Waals surface area contributed by atoms with Crippen molar-refractivity contribution < 1.29 is 18.0 Å². The van der Waals surface area contributed by atoms with E-state index in [9.17, 15) is 18.0 Å². The summed E-state index contributed by atoms with van der Waals surface area (Å²) in [5.41, 5.74) is 0.718. The first-order valence-corrected chi connectivity index (χ1v) is 6.47. The van der Waals surface area contributed by atoms with E-state index in [2.05, 4.69) is 20.5 Å². The smallest absolute Gasteiger partial charge is 0.273 e. The number of rotatable bonds is 3. The lowest BCUT2D eigenvalue weighted by Gasteiger charge is -2.05. The number of anilines is 1. The van der Waals surface area contributed by atoms with Gasteiger partial charge >= 0.3 is 0 Å². The topological polar surface area (TPSA) is 70.7 Å². The van der Waals surface area contributed by atoms with Gasteiger partial charge in [0.1, 0.15) is 5.69 Å². The van der Waals surface area contributed by atoms with Gasteiger partial charge < -0.3 is 5.32 Å². The van der Waals surface area contributed by atoms with Gasteiger partial charge in [0.15, 0.2) is 17.5 Å². The number of pyridine rings is 1. The Morgan fingerprint density at radius 3 is 2.70 bits per heavy atom. The number of amides is 1. The minimum Gasteiger partial charge on any atom is -0.318 e. The van der Waals surface area contributed by atoms with Crippen LogP contribution in [0.1, 0.15) is 10.5 Å². The van der Waals surface area contributed by atoms with E-state index in [4.69, 9.17) is 0 Å². The molecule has 5 nitrogen and oxygen atoms in total. The quantitative estimate of drug-likeness (QED) is 0.729. The van der Waals surface area contributed by atoms with Gasteiger partial charge in [0.05, 0.1) is 11.4 Å². The lowest BCUT2D eigenvalue weighted by molar-refractivity contribution is 0.102. The molecule has 0 fully saturated rings. The van der Waals surface area contributed by atoms with Crippen molar-refractivity contribution in [1.82, 2.24) is 15.2 Å². The zero-order chi connectivity index (χ0) is 16.4. The molecular formula is C15H9F3N4O. The fourth-order valence-corrected chi connectivity index (χ4v) is 1.91. The second kappa shape index (κ2) is 5.91. The number of hydrogen-bond donors (Lipinski definition) is 2. The molecule has 0 spiro atoms. The first-order valence-electron chi connectivity index (χ1n) is 6.47. The molecule has 0 radical (unpaired) electrons. The summed E-state index contributed by atoms with van der Waals surface area (Å²) in [6, 6.07) is 6.55. The predicted molar refractivity (Wildman–Crippen MR) is 76.1 cm³/mol. The fourth-order valence-electron chi connectivity index (χ4n) is 1.91. The molecule has 3 rings (SSSR count). The van der Waals surface area contributed by atoms with Gasteiger partial charge in [-0.15, -0.1) is 0 Å². The summed E-state index contributed by atoms with van der Waals surface area (Å²) in [5.74, 6) is -5.19. The Balaban J connectivity index is 1.82. The largest absolute Gasteiger partial charge is 0.318 e. The highest BCUT2D eigenvalue weighted by Gasteiger charge is 2.17. The molecule has 8 heteroatoms. The minimum absolute atomic E-state index is 0.0352. The number of halogens is 3. The molecule has 0 bridgehead atoms. The Kier molecular flexibility index (Phi) is 3.80. The maximum absolute atomic E-state index is 13.5. The zero-order valence-electron chi connectivity index (χ0n) is 11.5. The third-order valence-electron chi connectivity index (χ3n) is 3.06. The molecule has 0 aliphatic rings. The van der Waals surface area contributed by atoms with E-state index >= 15 is 0 Å². The normalized spacial score (nSPS) is 10.6. The van der Waals surface area contributed by atoms with Crippen LogP contribution in [-0.4, -0.2) is 21.1 Å². The number of aromatic nitrogens is 3. The van der Waals surface area contributed by atoms with Crippen LogP contribution in [0.3, 0.4) is 0 Å². The Morgan fingerprint density at radius 1 is 1.13 bits per heavy atom. The monoisotopic (exact) mass is 318 g/mol. The van der Waals surface area contributed by atoms with Gasteiger partial charge in [0, 0.05) is 18.0 Å². The van der Waals surface area contributed by atoms with Crippen LogP contribution < -0.4 is 5.32 Å². The number of nitrogens with one attached hydrogen (secondary N) is 2. The van der Waals surface area contributed by atoms with Crippen molar-refractivity contribution in [3.63, 3.8) is 0 Å². The molecular weight excluding hydrogens is 309 g/mol. The number of H-pyrrole nitrogens is 1. The van der Waals surface area contributed by atoms with Gasteiger partial charge in [-0.25, -0.2) is 13.2 Å². The van der Waals surface area contributed by atoms with Crippen LogP contribution in [0.15, 0.2) is 42.7 Å². The van der Waals surface area contributed by atoms with Gasteiger partial charge in [-0.2, -0.15) is 5.10 Å². The highest BCUT2D eigenvalue weighted by atomic mass is 19.2. The lowest BCUT2D eigenvalue weighted by Crippen LogP contribution is -2.14. The third-order valence-corrected chi connectivity index (χ3v) is 3.06. The standard InChI is InChI=1S/C15H9F3N4O/c16-9-3-4-10(14(18)13(9)17)20-15(23)12-6-11(21-22-12)8-2-1-5-19-7-8/h1-7H,(H,20,23)(H,21,22). The van der Waals surface area contributed by atoms with Crippen LogP contribution in [0.4, 0.5) is 18.9 Å². The summed E-state index contributed by atoms with van der Waals surface area (Å²) in [6.07, 6.45) is 3.16. The van der Waals surface area contributed by atoms with Crippen molar-refractivity contribution in [3.05, 3.63) is 65.9 Å². The molecule has 0 saturated carbocycles. The molecule has 1 aromatic carbocycles. The predicted octanol–water partition coefficient (Wildman–Crippen LogP) is 3.14. The second-order valence-corrected chi connectivity index (χ2v) is 4.59. The van der Waals surface area contributed by atoms with E-state index in [1.807, 2.05) is 0 Å². The SMILES string of the molecule is O=C(Nc1ccc(F)c(F)c1F)c1cc(-c2cccnc2)n[nH]1. The number of hydrogen-bond acceptors (Lipinski definition) is 3. The van der Waals surface area contributed by atoms with Crippen LogP contribution in [0.2, 0.25) is 0 Å². The van der Waals surface area contributed by atoms with E-state index in [1.54, 1.807) is 24.5 Å². The van der Waals surface area contributed by atoms with E-state index < -0.39 is 29.0 Å². The van der Waals surface area contributed by atoms with Crippen molar-refractivity contribution in [3.8, 4) is 11.3 Å². The van der Waals surface area contributed by atoms with Crippen molar-refractivity contribution in [2.24, 2.45) is 0 Å². The van der Waals surface area contributed by atoms with E-state index in [0.29, 0.717) is 11.3 Å². The first kappa shape index (κ1) is 14.8. The molecule has 2 aromatic heterocycles. The van der Waals surface area contributed by atoms with Crippen LogP contribution in [0.5, 0.6) is 0 Å². The lowest BCUT2D eigenvalue weighted by atomic mass is 10.2. The molecule has 0 saturated heterocycles. The molecule has 3 aromatic rings. The second-order valence-electron chi connectivity index (χ2n) is 4.59. The number of nitrogens with zero attached hydrogens (tertiary/aromatic N) is 2. The molecule has 0 atom stereocenters. The van der Waals surface area contributed by atoms with Crippen LogP contribution in [0.25, 0.3) is 11.3 Å². The molecule has 0 unspecified atom stereocenters. The molecule has 0 aliphatic carbocycles. The summed E-state index contributed by atoms with van der Waals surface area (Å²) < 4.78 is 39.5. The third kappa shape index (κ3) is 2.91. The minimum atomic E-state index is -1.65. The van der Waals surface area contributed by atoms with Gasteiger partial charge in [0.2, 0.25) is 0 Å². The number of aromatic amines is 1. The van der Waals surface area contributed by atoms with Gasteiger partial charge in [-0.3, -0.25) is 14.9 Å². The molecule has 116 valence electrons. The average Bonchev–Trinajstić information content (AvgIpc) is 3.06. The number of benzene rings is 1. The van der Waals surface area contributed by atoms with Crippen LogP contribution in [0, 0.1) is 17.5 Å². The molecule has 1 amide bonds. The highest BCUT2D eigenvalue weighted by Crippen LogP contribution is 2.21. The van der Waals surface area contributed by atoms with Crippen molar-refractivity contribution >= 4 is 11.6 Å². The molecule has 0 aliphatic heterocycles. The van der Waals surface area contributed by atoms with Gasteiger partial charge in [0.25, 0.3) is 5.91 Å². The van der Waals surface area contributed by atoms with Crippen molar-refractivity contribution in [2.75, 3.05) is 5.32 Å². The van der Waals surface area contributed by atoms with Crippen molar-refractivity contribution in [2.45, 2.75) is 0 Å². The van der Waals surface area contributed by atoms with Crippen LogP contribution >= 0.6 is 0 Å². The Labute approximate surface area is 128 Å². The van der Waals surface area contributed by atoms with Gasteiger partial charge in [-0.05, 0) is 30.3 Å². The van der Waals surface area contributed by atoms with E-state index in [1.165, 1.54) is 6.07 Å². The number of carbonyl (C=O) groups is 1. The summed E-state index contributed by atoms with van der Waals surface area (Å²) in [7, 11) is 0. The highest BCUT2D eigenvalue weighted by molar-refractivity contribution is 6.03. The summed E-state index contributed by atoms with van der Waals surface area (Å²) >= 11 is 0. The molecule has 23 heavy (non-hydrogen) atoms. The maximum Gasteiger partial charge on any atom is 0.273 e. The summed E-state index contributed by atoms with van der Waals surface area (Å²) in [4.78, 5) is 16.0. The van der Waals surface area contributed by atoms with E-state index in [0.717, 1.165) is 12.1 Å². The Bertz CT molecular complexity index is 864. The summed E-state index contributed by atoms with van der Waals surface area (Å²) in [6.45, 7) is 0. The summed E-state index contributed by atoms with van der Waals surface area (Å²) in [5, 5.41) is 8.59. The van der Waals surface area contributed by atoms with Gasteiger partial charge in [-0.1, -0.05) is 0 Å². The fraction of sp³-hybridized carbons (Fsp3) is 0. The van der Waals surface area contributed by atoms with Crippen LogP contribution in [-0.2, 0) is 0 Å². The first-order chi connectivity index (χ1) is 11.1. The van der Waals surface area contributed by atoms with Crippen molar-refractivity contribution in [1.29, 1.82) is 0 Å². The van der Waals surface area contributed by atoms with E-state index in [-0.39, 0.29) is 5.69 Å². The average molecular weight is 318 g/mol. The zero-order valence-corrected chi connectivity index (χ0v) is 11.5. The molecule has 2 heterocycles. The Morgan fingerprint density at radius 2 is 1.96 bits per heavy atom. The molecule has 2 N–H and O–H groups in total. The number of carbonyl (C=O) groups excluding carboxylic acids is 1.